The molecule has 0 unspecified atom stereocenters. The second-order valence-corrected chi connectivity index (χ2v) is 10.6. The number of aromatic nitrogens is 3. The zero-order valence-corrected chi connectivity index (χ0v) is 23.3. The van der Waals surface area contributed by atoms with Crippen molar-refractivity contribution in [2.45, 2.75) is 57.6 Å². The number of fused-ring (bicyclic) bond motifs is 2. The normalized spacial score (nSPS) is 20.7. The average Bonchev–Trinajstić information content (AvgIpc) is 3.33. The lowest BCUT2D eigenvalue weighted by Gasteiger charge is -2.51. The number of aliphatic carboxylic acids is 2. The van der Waals surface area contributed by atoms with Crippen LogP contribution in [0.3, 0.4) is 0 Å². The van der Waals surface area contributed by atoms with E-state index in [0.29, 0.717) is 0 Å². The lowest BCUT2D eigenvalue weighted by Crippen LogP contribution is -2.48. The molecule has 1 saturated carbocycles. The quantitative estimate of drug-likeness (QED) is 0.283. The number of imidazole rings is 1. The van der Waals surface area contributed by atoms with E-state index in [1.165, 1.54) is 17.7 Å². The first kappa shape index (κ1) is 34.2. The maximum Gasteiger partial charge on any atom is 0.490 e. The molecule has 8 nitrogen and oxygen atoms in total. The van der Waals surface area contributed by atoms with Gasteiger partial charge in [-0.25, -0.2) is 19.0 Å². The summed E-state index contributed by atoms with van der Waals surface area (Å²) >= 11 is 0. The van der Waals surface area contributed by atoms with E-state index in [1.54, 1.807) is 24.5 Å². The Balaban J connectivity index is 0.000000317. The Morgan fingerprint density at radius 2 is 1.48 bits per heavy atom. The number of carboxylic acids is 2. The van der Waals surface area contributed by atoms with Crippen LogP contribution in [-0.4, -0.2) is 54.1 Å². The Labute approximate surface area is 246 Å². The Kier molecular flexibility index (Phi) is 9.93. The van der Waals surface area contributed by atoms with Gasteiger partial charge in [0.05, 0.1) is 23.3 Å². The third-order valence-corrected chi connectivity index (χ3v) is 7.68. The van der Waals surface area contributed by atoms with Crippen molar-refractivity contribution in [2.24, 2.45) is 11.3 Å². The molecule has 3 N–H and O–H groups in total. The van der Waals surface area contributed by atoms with E-state index in [2.05, 4.69) is 27.5 Å². The van der Waals surface area contributed by atoms with E-state index in [9.17, 15) is 35.8 Å². The Morgan fingerprint density at radius 3 is 1.98 bits per heavy atom. The lowest BCUT2D eigenvalue weighted by atomic mass is 9.57. The maximum atomic E-state index is 13.4. The minimum absolute atomic E-state index is 0.0808. The van der Waals surface area contributed by atoms with Crippen molar-refractivity contribution in [1.29, 1.82) is 0 Å². The summed E-state index contributed by atoms with van der Waals surface area (Å²) < 4.78 is 79.0. The van der Waals surface area contributed by atoms with Gasteiger partial charge in [0.15, 0.2) is 0 Å². The SMILES string of the molecule is C[C@]12Cn3cnc(-c4ccc(F)cc4)c3C=C1CCC[C@@H]2[C@](C)(O)c1ccncc1.O=C(O)C(F)(F)F.O=C(O)C(F)(F)F. The molecule has 2 aliphatic rings. The predicted molar refractivity (Wildman–Crippen MR) is 142 cm³/mol. The molecular formula is C29H28F7N3O5. The second kappa shape index (κ2) is 12.8. The summed E-state index contributed by atoms with van der Waals surface area (Å²) in [5.74, 6) is -5.68. The number of rotatable bonds is 3. The number of halogens is 7. The van der Waals surface area contributed by atoms with E-state index in [0.717, 1.165) is 48.3 Å². The highest BCUT2D eigenvalue weighted by Crippen LogP contribution is 2.55. The van der Waals surface area contributed by atoms with Crippen molar-refractivity contribution in [1.82, 2.24) is 14.5 Å². The van der Waals surface area contributed by atoms with Crippen LogP contribution in [0.15, 0.2) is 60.7 Å². The van der Waals surface area contributed by atoms with Gasteiger partial charge >= 0.3 is 24.3 Å². The van der Waals surface area contributed by atoms with Gasteiger partial charge in [-0.15, -0.1) is 0 Å². The summed E-state index contributed by atoms with van der Waals surface area (Å²) in [6, 6.07) is 10.3. The number of hydrogen-bond donors (Lipinski definition) is 3. The monoisotopic (exact) mass is 631 g/mol. The van der Waals surface area contributed by atoms with Gasteiger partial charge in [0, 0.05) is 35.8 Å². The Hall–Kier alpha value is -4.27. The molecule has 238 valence electrons. The van der Waals surface area contributed by atoms with Gasteiger partial charge in [-0.1, -0.05) is 12.5 Å². The van der Waals surface area contributed by atoms with Gasteiger partial charge in [-0.05, 0) is 74.2 Å². The van der Waals surface area contributed by atoms with Crippen LogP contribution in [0.4, 0.5) is 30.7 Å². The average molecular weight is 632 g/mol. The fourth-order valence-corrected chi connectivity index (χ4v) is 5.58. The highest BCUT2D eigenvalue weighted by Gasteiger charge is 2.51. The fraction of sp³-hybridized carbons (Fsp3) is 0.379. The van der Waals surface area contributed by atoms with Gasteiger partial charge in [-0.2, -0.15) is 26.3 Å². The van der Waals surface area contributed by atoms with Crippen LogP contribution in [0.2, 0.25) is 0 Å². The molecule has 44 heavy (non-hydrogen) atoms. The topological polar surface area (TPSA) is 126 Å². The first-order valence-electron chi connectivity index (χ1n) is 13.0. The summed E-state index contributed by atoms with van der Waals surface area (Å²) in [5.41, 5.74) is 4.03. The molecule has 3 aromatic rings. The van der Waals surface area contributed by atoms with Gasteiger partial charge in [0.25, 0.3) is 0 Å². The van der Waals surface area contributed by atoms with Crippen molar-refractivity contribution < 1.29 is 55.6 Å². The van der Waals surface area contributed by atoms with Crippen molar-refractivity contribution in [2.75, 3.05) is 0 Å². The number of carbonyl (C=O) groups is 2. The molecule has 3 atom stereocenters. The molecule has 0 amide bonds. The number of alkyl halides is 6. The minimum Gasteiger partial charge on any atom is -0.475 e. The second-order valence-electron chi connectivity index (χ2n) is 10.6. The smallest absolute Gasteiger partial charge is 0.475 e. The number of carboxylic acid groups (broad SMARTS) is 2. The molecule has 1 aliphatic heterocycles. The molecule has 3 heterocycles. The van der Waals surface area contributed by atoms with Crippen molar-refractivity contribution in [3.63, 3.8) is 0 Å². The molecule has 0 saturated heterocycles. The van der Waals surface area contributed by atoms with Crippen LogP contribution in [-0.2, 0) is 21.7 Å². The molecule has 0 bridgehead atoms. The van der Waals surface area contributed by atoms with Crippen LogP contribution in [0.5, 0.6) is 0 Å². The Morgan fingerprint density at radius 1 is 0.955 bits per heavy atom. The summed E-state index contributed by atoms with van der Waals surface area (Å²) in [7, 11) is 0. The third-order valence-electron chi connectivity index (χ3n) is 7.68. The lowest BCUT2D eigenvalue weighted by molar-refractivity contribution is -0.193. The maximum absolute atomic E-state index is 13.4. The van der Waals surface area contributed by atoms with Gasteiger partial charge in [0.1, 0.15) is 5.82 Å². The number of nitrogens with zero attached hydrogens (tertiary/aromatic N) is 3. The number of benzene rings is 1. The number of hydrogen-bond acceptors (Lipinski definition) is 5. The molecule has 2 aromatic heterocycles. The number of allylic oxidation sites excluding steroid dienone is 1. The summed E-state index contributed by atoms with van der Waals surface area (Å²) in [6.45, 7) is 4.99. The standard InChI is InChI=1S/C25H26FN3O.2C2HF3O2/c1-24-15-29-16-28-23(17-6-8-20(26)9-7-17)21(29)14-19(24)4-3-5-22(24)25(2,30)18-10-12-27-13-11-18;2*3-2(4,5)1(6)7/h6-14,16,22,30H,3-5,15H2,1-2H3;2*(H,6,7)/t22-,24-,25+;;/m0../s1. The highest BCUT2D eigenvalue weighted by molar-refractivity contribution is 5.74. The molecule has 1 aliphatic carbocycles. The Bertz CT molecular complexity index is 1480. The van der Waals surface area contributed by atoms with E-state index >= 15 is 0 Å². The third kappa shape index (κ3) is 7.62. The molecule has 1 aromatic carbocycles. The van der Waals surface area contributed by atoms with E-state index in [-0.39, 0.29) is 17.2 Å². The van der Waals surface area contributed by atoms with Crippen LogP contribution in [0, 0.1) is 17.2 Å². The van der Waals surface area contributed by atoms with Crippen molar-refractivity contribution in [3.8, 4) is 11.3 Å². The van der Waals surface area contributed by atoms with Crippen LogP contribution in [0.1, 0.15) is 44.4 Å². The fourth-order valence-electron chi connectivity index (χ4n) is 5.58. The van der Waals surface area contributed by atoms with E-state index < -0.39 is 29.9 Å². The van der Waals surface area contributed by atoms with Crippen LogP contribution >= 0.6 is 0 Å². The molecule has 0 radical (unpaired) electrons. The number of pyridine rings is 1. The summed E-state index contributed by atoms with van der Waals surface area (Å²) in [4.78, 5) is 26.6. The van der Waals surface area contributed by atoms with Gasteiger partial charge in [-0.3, -0.25) is 4.98 Å². The van der Waals surface area contributed by atoms with Crippen LogP contribution < -0.4 is 0 Å². The molecule has 15 heteroatoms. The van der Waals surface area contributed by atoms with Gasteiger partial charge < -0.3 is 19.9 Å². The predicted octanol–water partition coefficient (Wildman–Crippen LogP) is 6.46. The molecule has 0 spiro atoms. The van der Waals surface area contributed by atoms with Crippen molar-refractivity contribution >= 4 is 18.0 Å². The molecular weight excluding hydrogens is 603 g/mol. The largest absolute Gasteiger partial charge is 0.490 e. The highest BCUT2D eigenvalue weighted by atomic mass is 19.4. The zero-order chi connectivity index (χ0) is 33.1. The minimum atomic E-state index is -5.08. The van der Waals surface area contributed by atoms with Crippen molar-refractivity contribution in [3.05, 3.63) is 77.8 Å². The molecule has 5 rings (SSSR count). The summed E-state index contributed by atoms with van der Waals surface area (Å²) in [5, 5.41) is 25.9. The molecule has 1 fully saturated rings. The van der Waals surface area contributed by atoms with E-state index in [1.807, 2.05) is 25.4 Å². The zero-order valence-electron chi connectivity index (χ0n) is 23.3. The first-order valence-corrected chi connectivity index (χ1v) is 13.0. The first-order chi connectivity index (χ1) is 20.3. The van der Waals surface area contributed by atoms with Gasteiger partial charge in [0.2, 0.25) is 0 Å². The van der Waals surface area contributed by atoms with Crippen LogP contribution in [0.25, 0.3) is 17.3 Å². The van der Waals surface area contributed by atoms with E-state index in [4.69, 9.17) is 19.8 Å². The summed E-state index contributed by atoms with van der Waals surface area (Å²) in [6.07, 6.45) is 0.493. The number of aliphatic hydroxyl groups is 1.